The molecule has 0 aliphatic heterocycles. The highest BCUT2D eigenvalue weighted by molar-refractivity contribution is 9.10. The van der Waals surface area contributed by atoms with Gasteiger partial charge in [0.15, 0.2) is 0 Å². The molecule has 0 radical (unpaired) electrons. The van der Waals surface area contributed by atoms with Crippen molar-refractivity contribution in [2.75, 3.05) is 13.7 Å². The van der Waals surface area contributed by atoms with Gasteiger partial charge in [0.25, 0.3) is 0 Å². The van der Waals surface area contributed by atoms with Crippen LogP contribution in [0.2, 0.25) is 0 Å². The molecule has 0 fully saturated rings. The van der Waals surface area contributed by atoms with E-state index < -0.39 is 0 Å². The Hall–Kier alpha value is -0.380. The van der Waals surface area contributed by atoms with E-state index >= 15 is 0 Å². The van der Waals surface area contributed by atoms with Gasteiger partial charge in [0, 0.05) is 16.6 Å². The van der Waals surface area contributed by atoms with E-state index in [1.807, 2.05) is 20.9 Å². The zero-order valence-electron chi connectivity index (χ0n) is 10.4. The number of rotatable bonds is 4. The first-order valence-electron chi connectivity index (χ1n) is 5.44. The molecule has 1 aromatic rings. The zero-order valence-corrected chi connectivity index (χ0v) is 12.0. The van der Waals surface area contributed by atoms with Crippen LogP contribution in [0.1, 0.15) is 25.0 Å². The van der Waals surface area contributed by atoms with Gasteiger partial charge in [0.05, 0.1) is 6.61 Å². The predicted molar refractivity (Wildman–Crippen MR) is 71.5 cm³/mol. The molecule has 1 rings (SSSR count). The largest absolute Gasteiger partial charge is 0.394 e. The number of aryl methyl sites for hydroxylation is 1. The lowest BCUT2D eigenvalue weighted by atomic mass is 10.0. The van der Waals surface area contributed by atoms with E-state index in [4.69, 9.17) is 0 Å². The molecule has 16 heavy (non-hydrogen) atoms. The summed E-state index contributed by atoms with van der Waals surface area (Å²) in [4.78, 5) is 2.16. The third kappa shape index (κ3) is 3.30. The van der Waals surface area contributed by atoms with Crippen molar-refractivity contribution >= 4 is 15.9 Å². The van der Waals surface area contributed by atoms with Crippen LogP contribution in [0.15, 0.2) is 22.7 Å². The van der Waals surface area contributed by atoms with Gasteiger partial charge in [-0.1, -0.05) is 28.1 Å². The third-order valence-electron chi connectivity index (χ3n) is 3.08. The van der Waals surface area contributed by atoms with Crippen molar-refractivity contribution in [2.24, 2.45) is 0 Å². The predicted octanol–water partition coefficient (Wildman–Crippen LogP) is 2.96. The van der Waals surface area contributed by atoms with Crippen molar-refractivity contribution in [3.05, 3.63) is 33.8 Å². The van der Waals surface area contributed by atoms with Gasteiger partial charge in [0.2, 0.25) is 0 Å². The van der Waals surface area contributed by atoms with E-state index in [1.54, 1.807) is 0 Å². The molecule has 0 amide bonds. The van der Waals surface area contributed by atoms with Gasteiger partial charge in [-0.25, -0.2) is 0 Å². The first-order chi connectivity index (χ1) is 7.36. The number of nitrogens with zero attached hydrogens (tertiary/aromatic N) is 1. The molecule has 1 N–H and O–H groups in total. The maximum atomic E-state index is 9.29. The van der Waals surface area contributed by atoms with E-state index in [1.165, 1.54) is 11.1 Å². The fourth-order valence-electron chi connectivity index (χ4n) is 1.34. The topological polar surface area (TPSA) is 23.5 Å². The number of halogens is 1. The SMILES string of the molecule is Cc1ccc(CN(C)C(C)(C)CO)cc1Br. The maximum Gasteiger partial charge on any atom is 0.0610 e. The molecule has 0 heterocycles. The number of hydrogen-bond acceptors (Lipinski definition) is 2. The molecule has 0 bridgehead atoms. The molecular weight excluding hydrogens is 266 g/mol. The van der Waals surface area contributed by atoms with Gasteiger partial charge in [-0.05, 0) is 45.0 Å². The lowest BCUT2D eigenvalue weighted by molar-refractivity contribution is 0.0734. The minimum Gasteiger partial charge on any atom is -0.394 e. The normalized spacial score (nSPS) is 12.2. The number of aliphatic hydroxyl groups excluding tert-OH is 1. The standard InChI is InChI=1S/C13H20BrNO/c1-10-5-6-11(7-12(10)14)8-15(4)13(2,3)9-16/h5-7,16H,8-9H2,1-4H3. The molecule has 0 spiro atoms. The van der Waals surface area contributed by atoms with E-state index in [2.05, 4.69) is 46.0 Å². The van der Waals surface area contributed by atoms with Crippen molar-refractivity contribution in [1.29, 1.82) is 0 Å². The van der Waals surface area contributed by atoms with Crippen LogP contribution >= 0.6 is 15.9 Å². The van der Waals surface area contributed by atoms with Crippen LogP contribution in [0.25, 0.3) is 0 Å². The Labute approximate surface area is 106 Å². The number of likely N-dealkylation sites (N-methyl/N-ethyl adjacent to an activating group) is 1. The summed E-state index contributed by atoms with van der Waals surface area (Å²) in [5.41, 5.74) is 2.31. The van der Waals surface area contributed by atoms with Crippen molar-refractivity contribution in [2.45, 2.75) is 32.9 Å². The summed E-state index contributed by atoms with van der Waals surface area (Å²) in [6.45, 7) is 7.16. The molecule has 0 saturated carbocycles. The monoisotopic (exact) mass is 285 g/mol. The minimum atomic E-state index is -0.183. The highest BCUT2D eigenvalue weighted by Gasteiger charge is 2.22. The average Bonchev–Trinajstić information content (AvgIpc) is 2.23. The van der Waals surface area contributed by atoms with E-state index in [0.717, 1.165) is 11.0 Å². The molecule has 2 nitrogen and oxygen atoms in total. The van der Waals surface area contributed by atoms with Crippen LogP contribution < -0.4 is 0 Å². The highest BCUT2D eigenvalue weighted by Crippen LogP contribution is 2.20. The van der Waals surface area contributed by atoms with Gasteiger partial charge in [-0.15, -0.1) is 0 Å². The number of benzene rings is 1. The Kier molecular flexibility index (Phi) is 4.53. The Morgan fingerprint density at radius 3 is 2.50 bits per heavy atom. The molecule has 0 saturated heterocycles. The molecule has 0 aliphatic carbocycles. The second-order valence-electron chi connectivity index (χ2n) is 4.91. The summed E-state index contributed by atoms with van der Waals surface area (Å²) < 4.78 is 1.14. The van der Waals surface area contributed by atoms with Crippen LogP contribution in [-0.2, 0) is 6.54 Å². The van der Waals surface area contributed by atoms with Crippen molar-refractivity contribution in [1.82, 2.24) is 4.90 Å². The van der Waals surface area contributed by atoms with Gasteiger partial charge in [-0.3, -0.25) is 4.90 Å². The third-order valence-corrected chi connectivity index (χ3v) is 3.93. The summed E-state index contributed by atoms with van der Waals surface area (Å²) in [6.07, 6.45) is 0. The van der Waals surface area contributed by atoms with Crippen LogP contribution in [-0.4, -0.2) is 29.2 Å². The Morgan fingerprint density at radius 1 is 1.38 bits per heavy atom. The van der Waals surface area contributed by atoms with Crippen molar-refractivity contribution in [3.63, 3.8) is 0 Å². The Balaban J connectivity index is 2.77. The average molecular weight is 286 g/mol. The van der Waals surface area contributed by atoms with Gasteiger partial charge >= 0.3 is 0 Å². The van der Waals surface area contributed by atoms with Crippen molar-refractivity contribution in [3.8, 4) is 0 Å². The summed E-state index contributed by atoms with van der Waals surface area (Å²) >= 11 is 3.54. The van der Waals surface area contributed by atoms with E-state index in [9.17, 15) is 5.11 Å². The summed E-state index contributed by atoms with van der Waals surface area (Å²) in [6, 6.07) is 6.38. The summed E-state index contributed by atoms with van der Waals surface area (Å²) in [5, 5.41) is 9.29. The second-order valence-corrected chi connectivity index (χ2v) is 5.76. The fraction of sp³-hybridized carbons (Fsp3) is 0.538. The van der Waals surface area contributed by atoms with Gasteiger partial charge < -0.3 is 5.11 Å². The second kappa shape index (κ2) is 5.30. The van der Waals surface area contributed by atoms with Crippen LogP contribution in [0.5, 0.6) is 0 Å². The van der Waals surface area contributed by atoms with Gasteiger partial charge in [0.1, 0.15) is 0 Å². The molecule has 0 atom stereocenters. The zero-order chi connectivity index (χ0) is 12.3. The number of hydrogen-bond donors (Lipinski definition) is 1. The smallest absolute Gasteiger partial charge is 0.0610 e. The maximum absolute atomic E-state index is 9.29. The molecule has 1 aromatic carbocycles. The summed E-state index contributed by atoms with van der Waals surface area (Å²) in [5.74, 6) is 0. The Bertz CT molecular complexity index is 363. The fourth-order valence-corrected chi connectivity index (χ4v) is 1.77. The molecular formula is C13H20BrNO. The summed E-state index contributed by atoms with van der Waals surface area (Å²) in [7, 11) is 2.03. The van der Waals surface area contributed by atoms with E-state index in [-0.39, 0.29) is 12.1 Å². The highest BCUT2D eigenvalue weighted by atomic mass is 79.9. The van der Waals surface area contributed by atoms with Crippen LogP contribution in [0.3, 0.4) is 0 Å². The van der Waals surface area contributed by atoms with Crippen LogP contribution in [0.4, 0.5) is 0 Å². The minimum absolute atomic E-state index is 0.163. The van der Waals surface area contributed by atoms with E-state index in [0.29, 0.717) is 0 Å². The lowest BCUT2D eigenvalue weighted by Gasteiger charge is -2.34. The molecule has 0 aliphatic rings. The van der Waals surface area contributed by atoms with Crippen molar-refractivity contribution < 1.29 is 5.11 Å². The number of aliphatic hydroxyl groups is 1. The molecule has 90 valence electrons. The van der Waals surface area contributed by atoms with Gasteiger partial charge in [-0.2, -0.15) is 0 Å². The quantitative estimate of drug-likeness (QED) is 0.920. The molecule has 0 unspecified atom stereocenters. The lowest BCUT2D eigenvalue weighted by Crippen LogP contribution is -2.43. The molecule has 3 heteroatoms. The molecule has 0 aromatic heterocycles. The first kappa shape index (κ1) is 13.7. The van der Waals surface area contributed by atoms with Crippen LogP contribution in [0, 0.1) is 6.92 Å². The Morgan fingerprint density at radius 2 is 2.00 bits per heavy atom. The first-order valence-corrected chi connectivity index (χ1v) is 6.23.